The molecular formula is C13H14BrF3N2O. The zero-order valence-corrected chi connectivity index (χ0v) is 12.5. The Balaban J connectivity index is 2.41. The maximum Gasteiger partial charge on any atom is 0.409 e. The second kappa shape index (κ2) is 5.04. The lowest BCUT2D eigenvalue weighted by Crippen LogP contribution is -2.43. The van der Waals surface area contributed by atoms with Crippen LogP contribution in [0.25, 0.3) is 0 Å². The van der Waals surface area contributed by atoms with Gasteiger partial charge in [0.1, 0.15) is 0 Å². The number of carbonyl (C=O) groups excluding carboxylic acids is 1. The van der Waals surface area contributed by atoms with Crippen LogP contribution < -0.4 is 5.43 Å². The monoisotopic (exact) mass is 350 g/mol. The third-order valence-corrected chi connectivity index (χ3v) is 3.97. The zero-order chi connectivity index (χ0) is 15.1. The van der Waals surface area contributed by atoms with Crippen LogP contribution in [0.4, 0.5) is 13.2 Å². The summed E-state index contributed by atoms with van der Waals surface area (Å²) in [6.45, 7) is 3.24. The van der Waals surface area contributed by atoms with Gasteiger partial charge in [-0.05, 0) is 25.5 Å². The first-order valence-corrected chi connectivity index (χ1v) is 6.81. The van der Waals surface area contributed by atoms with Crippen LogP contribution in [0.1, 0.15) is 25.5 Å². The van der Waals surface area contributed by atoms with Crippen LogP contribution in [0.5, 0.6) is 0 Å². The molecule has 1 N–H and O–H groups in total. The number of hydrogen-bond donors (Lipinski definition) is 1. The van der Waals surface area contributed by atoms with E-state index in [-0.39, 0.29) is 12.1 Å². The van der Waals surface area contributed by atoms with Crippen molar-refractivity contribution in [2.24, 2.45) is 5.41 Å². The summed E-state index contributed by atoms with van der Waals surface area (Å²) in [5.41, 5.74) is 1.57. The number of hydrazine groups is 1. The third kappa shape index (κ3) is 2.83. The summed E-state index contributed by atoms with van der Waals surface area (Å²) in [4.78, 5) is 11.7. The van der Waals surface area contributed by atoms with Crippen molar-refractivity contribution in [3.05, 3.63) is 34.3 Å². The number of nitrogens with zero attached hydrogens (tertiary/aromatic N) is 1. The number of nitrogens with one attached hydrogen (secondary N) is 1. The van der Waals surface area contributed by atoms with E-state index >= 15 is 0 Å². The summed E-state index contributed by atoms with van der Waals surface area (Å²) in [7, 11) is 0. The molecule has 0 saturated carbocycles. The van der Waals surface area contributed by atoms with E-state index in [9.17, 15) is 18.0 Å². The van der Waals surface area contributed by atoms with Crippen molar-refractivity contribution in [3.8, 4) is 0 Å². The maximum absolute atomic E-state index is 13.4. The molecule has 1 atom stereocenters. The standard InChI is InChI=1S/C13H14BrF3N2O/c1-12(2)7-19(18-11(12)20)10(13(15,16)17)8-5-3-4-6-9(8)14/h3-6,10H,7H2,1-2H3,(H,18,20). The van der Waals surface area contributed by atoms with Gasteiger partial charge in [-0.2, -0.15) is 13.2 Å². The number of rotatable bonds is 2. The molecule has 1 aromatic carbocycles. The quantitative estimate of drug-likeness (QED) is 0.886. The van der Waals surface area contributed by atoms with Crippen molar-refractivity contribution in [2.45, 2.75) is 26.1 Å². The van der Waals surface area contributed by atoms with Crippen molar-refractivity contribution in [1.29, 1.82) is 0 Å². The fourth-order valence-corrected chi connectivity index (χ4v) is 2.69. The molecule has 1 fully saturated rings. The predicted molar refractivity (Wildman–Crippen MR) is 71.6 cm³/mol. The lowest BCUT2D eigenvalue weighted by molar-refractivity contribution is -0.191. The maximum atomic E-state index is 13.4. The Morgan fingerprint density at radius 1 is 1.35 bits per heavy atom. The van der Waals surface area contributed by atoms with Crippen LogP contribution in [0.2, 0.25) is 0 Å². The van der Waals surface area contributed by atoms with Gasteiger partial charge in [0.15, 0.2) is 6.04 Å². The fraction of sp³-hybridized carbons (Fsp3) is 0.462. The Hall–Kier alpha value is -1.08. The van der Waals surface area contributed by atoms with E-state index in [1.54, 1.807) is 32.0 Å². The summed E-state index contributed by atoms with van der Waals surface area (Å²) in [6, 6.07) is 4.27. The molecule has 1 saturated heterocycles. The van der Waals surface area contributed by atoms with E-state index in [2.05, 4.69) is 21.4 Å². The van der Waals surface area contributed by atoms with Gasteiger partial charge >= 0.3 is 6.18 Å². The second-order valence-corrected chi connectivity index (χ2v) is 6.27. The Morgan fingerprint density at radius 3 is 2.40 bits per heavy atom. The van der Waals surface area contributed by atoms with Gasteiger partial charge in [0.25, 0.3) is 0 Å². The lowest BCUT2D eigenvalue weighted by Gasteiger charge is -2.30. The molecule has 110 valence electrons. The van der Waals surface area contributed by atoms with E-state index in [4.69, 9.17) is 0 Å². The number of benzene rings is 1. The van der Waals surface area contributed by atoms with E-state index in [1.807, 2.05) is 0 Å². The fourth-order valence-electron chi connectivity index (χ4n) is 2.19. The molecule has 0 aromatic heterocycles. The van der Waals surface area contributed by atoms with E-state index in [1.165, 1.54) is 6.07 Å². The molecule has 0 bridgehead atoms. The summed E-state index contributed by atoms with van der Waals surface area (Å²) in [5.74, 6) is -0.404. The van der Waals surface area contributed by atoms with Crippen LogP contribution in [-0.2, 0) is 4.79 Å². The minimum absolute atomic E-state index is 0.00263. The number of halogens is 4. The van der Waals surface area contributed by atoms with E-state index < -0.39 is 23.5 Å². The van der Waals surface area contributed by atoms with Gasteiger partial charge in [0.05, 0.1) is 5.41 Å². The molecule has 1 amide bonds. The molecule has 0 radical (unpaired) electrons. The molecular weight excluding hydrogens is 337 g/mol. The Bertz CT molecular complexity index is 531. The number of hydrogen-bond acceptors (Lipinski definition) is 2. The first-order valence-electron chi connectivity index (χ1n) is 6.02. The highest BCUT2D eigenvalue weighted by molar-refractivity contribution is 9.10. The molecule has 1 aliphatic rings. The average Bonchev–Trinajstić information content (AvgIpc) is 2.54. The zero-order valence-electron chi connectivity index (χ0n) is 11.0. The molecule has 20 heavy (non-hydrogen) atoms. The van der Waals surface area contributed by atoms with Crippen molar-refractivity contribution in [1.82, 2.24) is 10.4 Å². The van der Waals surface area contributed by atoms with Crippen LogP contribution >= 0.6 is 15.9 Å². The van der Waals surface area contributed by atoms with Crippen LogP contribution in [0.3, 0.4) is 0 Å². The molecule has 1 unspecified atom stereocenters. The first kappa shape index (κ1) is 15.3. The van der Waals surface area contributed by atoms with Crippen molar-refractivity contribution in [3.63, 3.8) is 0 Å². The van der Waals surface area contributed by atoms with Gasteiger partial charge in [-0.25, -0.2) is 5.01 Å². The summed E-state index contributed by atoms with van der Waals surface area (Å²) < 4.78 is 40.6. The molecule has 3 nitrogen and oxygen atoms in total. The van der Waals surface area contributed by atoms with E-state index in [0.29, 0.717) is 4.47 Å². The molecule has 1 aromatic rings. The third-order valence-electron chi connectivity index (χ3n) is 3.25. The highest BCUT2D eigenvalue weighted by Crippen LogP contribution is 2.42. The van der Waals surface area contributed by atoms with Gasteiger partial charge in [0, 0.05) is 11.0 Å². The van der Waals surface area contributed by atoms with Crippen LogP contribution in [0.15, 0.2) is 28.7 Å². The summed E-state index contributed by atoms with van der Waals surface area (Å²) >= 11 is 3.14. The number of alkyl halides is 3. The smallest absolute Gasteiger partial charge is 0.287 e. The average molecular weight is 351 g/mol. The van der Waals surface area contributed by atoms with Crippen LogP contribution in [-0.4, -0.2) is 23.6 Å². The molecule has 1 aliphatic heterocycles. The Morgan fingerprint density at radius 2 is 1.95 bits per heavy atom. The second-order valence-electron chi connectivity index (χ2n) is 5.42. The normalized spacial score (nSPS) is 20.8. The van der Waals surface area contributed by atoms with Gasteiger partial charge in [-0.3, -0.25) is 10.2 Å². The van der Waals surface area contributed by atoms with Gasteiger partial charge in [-0.1, -0.05) is 34.1 Å². The Kier molecular flexibility index (Phi) is 3.85. The largest absolute Gasteiger partial charge is 0.409 e. The molecule has 2 rings (SSSR count). The molecule has 0 spiro atoms. The summed E-state index contributed by atoms with van der Waals surface area (Å²) in [5, 5.41) is 0.961. The topological polar surface area (TPSA) is 32.3 Å². The van der Waals surface area contributed by atoms with Gasteiger partial charge in [-0.15, -0.1) is 0 Å². The molecule has 1 heterocycles. The minimum Gasteiger partial charge on any atom is -0.287 e. The van der Waals surface area contributed by atoms with Gasteiger partial charge < -0.3 is 0 Å². The number of amides is 1. The van der Waals surface area contributed by atoms with Crippen molar-refractivity contribution >= 4 is 21.8 Å². The SMILES string of the molecule is CC1(C)CN(C(c2ccccc2Br)C(F)(F)F)NC1=O. The highest BCUT2D eigenvalue weighted by Gasteiger charge is 2.51. The minimum atomic E-state index is -4.49. The highest BCUT2D eigenvalue weighted by atomic mass is 79.9. The number of carbonyl (C=O) groups is 1. The predicted octanol–water partition coefficient (Wildman–Crippen LogP) is 3.43. The Labute approximate surface area is 123 Å². The summed E-state index contributed by atoms with van der Waals surface area (Å²) in [6.07, 6.45) is -4.49. The molecule has 7 heteroatoms. The lowest BCUT2D eigenvalue weighted by atomic mass is 9.94. The van der Waals surface area contributed by atoms with Gasteiger partial charge in [0.2, 0.25) is 5.91 Å². The first-order chi connectivity index (χ1) is 9.13. The van der Waals surface area contributed by atoms with E-state index in [0.717, 1.165) is 5.01 Å². The molecule has 0 aliphatic carbocycles. The van der Waals surface area contributed by atoms with Crippen LogP contribution in [0, 0.1) is 5.41 Å². The van der Waals surface area contributed by atoms with Crippen molar-refractivity contribution < 1.29 is 18.0 Å². The van der Waals surface area contributed by atoms with Crippen molar-refractivity contribution in [2.75, 3.05) is 6.54 Å².